The number of hydrogen-bond acceptors (Lipinski definition) is 6. The molecule has 0 fully saturated rings. The minimum absolute atomic E-state index is 0.0595. The number of benzene rings is 1. The Morgan fingerprint density at radius 3 is 2.85 bits per heavy atom. The standard InChI is InChI=1S/C19H18N2O4S/c1-24-13-6-4-3-5-11(13)17-16-12-7-10(19(23)25-2)8-14(12)26-18(16)21-15(22)9-20-17/h3-6,10H,7-9H2,1-2H3,(H,21,22). The third kappa shape index (κ3) is 2.68. The van der Waals surface area contributed by atoms with E-state index in [1.807, 2.05) is 24.3 Å². The quantitative estimate of drug-likeness (QED) is 0.842. The van der Waals surface area contributed by atoms with E-state index in [2.05, 4.69) is 10.3 Å². The fourth-order valence-electron chi connectivity index (χ4n) is 3.56. The number of thiophene rings is 1. The molecule has 1 aromatic heterocycles. The lowest BCUT2D eigenvalue weighted by Crippen LogP contribution is -2.17. The molecule has 1 atom stereocenters. The average Bonchev–Trinajstić information content (AvgIpc) is 3.15. The summed E-state index contributed by atoms with van der Waals surface area (Å²) in [6, 6.07) is 7.63. The molecule has 134 valence electrons. The van der Waals surface area contributed by atoms with Crippen molar-refractivity contribution in [2.75, 3.05) is 26.1 Å². The number of esters is 1. The largest absolute Gasteiger partial charge is 0.496 e. The van der Waals surface area contributed by atoms with Crippen molar-refractivity contribution in [1.82, 2.24) is 0 Å². The molecule has 1 aliphatic carbocycles. The van der Waals surface area contributed by atoms with Gasteiger partial charge in [-0.1, -0.05) is 12.1 Å². The Balaban J connectivity index is 1.85. The maximum atomic E-state index is 12.1. The lowest BCUT2D eigenvalue weighted by Gasteiger charge is -2.13. The van der Waals surface area contributed by atoms with E-state index in [0.717, 1.165) is 32.3 Å². The molecule has 2 aliphatic rings. The molecular weight excluding hydrogens is 352 g/mol. The summed E-state index contributed by atoms with van der Waals surface area (Å²) in [7, 11) is 3.03. The zero-order valence-corrected chi connectivity index (χ0v) is 15.3. The van der Waals surface area contributed by atoms with Crippen molar-refractivity contribution in [3.8, 4) is 5.75 Å². The zero-order chi connectivity index (χ0) is 18.3. The minimum atomic E-state index is -0.199. The van der Waals surface area contributed by atoms with Crippen molar-refractivity contribution in [2.24, 2.45) is 10.9 Å². The van der Waals surface area contributed by atoms with Crippen LogP contribution in [-0.2, 0) is 27.2 Å². The van der Waals surface area contributed by atoms with Gasteiger partial charge in [0.05, 0.1) is 25.8 Å². The van der Waals surface area contributed by atoms with Crippen molar-refractivity contribution in [2.45, 2.75) is 12.8 Å². The number of nitrogens with one attached hydrogen (secondary N) is 1. The molecule has 4 rings (SSSR count). The minimum Gasteiger partial charge on any atom is -0.496 e. The fraction of sp³-hybridized carbons (Fsp3) is 0.316. The Bertz CT molecular complexity index is 932. The van der Waals surface area contributed by atoms with Gasteiger partial charge >= 0.3 is 5.97 Å². The molecule has 6 nitrogen and oxygen atoms in total. The van der Waals surface area contributed by atoms with Crippen LogP contribution in [0.2, 0.25) is 0 Å². The number of carbonyl (C=O) groups excluding carboxylic acids is 2. The molecule has 0 saturated carbocycles. The number of hydrogen-bond donors (Lipinski definition) is 1. The van der Waals surface area contributed by atoms with Crippen LogP contribution in [0.1, 0.15) is 21.6 Å². The Labute approximate surface area is 154 Å². The zero-order valence-electron chi connectivity index (χ0n) is 14.5. The van der Waals surface area contributed by atoms with Crippen LogP contribution in [0.4, 0.5) is 5.00 Å². The van der Waals surface area contributed by atoms with Crippen LogP contribution in [0.3, 0.4) is 0 Å². The number of para-hydroxylation sites is 1. The molecule has 1 aliphatic heterocycles. The van der Waals surface area contributed by atoms with Crippen LogP contribution in [-0.4, -0.2) is 38.4 Å². The first-order chi connectivity index (χ1) is 12.6. The summed E-state index contributed by atoms with van der Waals surface area (Å²) in [6.07, 6.45) is 1.23. The van der Waals surface area contributed by atoms with E-state index in [1.165, 1.54) is 18.4 Å². The Hall–Kier alpha value is -2.67. The SMILES string of the molecule is COC(=O)C1Cc2sc3c(c2C1)C(c1ccccc1OC)=NCC(=O)N3. The van der Waals surface area contributed by atoms with Crippen LogP contribution >= 0.6 is 11.3 Å². The molecule has 1 N–H and O–H groups in total. The first kappa shape index (κ1) is 16.8. The summed E-state index contributed by atoms with van der Waals surface area (Å²) >= 11 is 1.52. The number of fused-ring (bicyclic) bond motifs is 3. The Kier molecular flexibility index (Phi) is 4.24. The normalized spacial score (nSPS) is 18.3. The van der Waals surface area contributed by atoms with Gasteiger partial charge in [-0.25, -0.2) is 0 Å². The van der Waals surface area contributed by atoms with Crippen molar-refractivity contribution in [3.05, 3.63) is 45.8 Å². The number of anilines is 1. The maximum Gasteiger partial charge on any atom is 0.309 e. The number of carbonyl (C=O) groups is 2. The third-order valence-electron chi connectivity index (χ3n) is 4.74. The predicted molar refractivity (Wildman–Crippen MR) is 99.4 cm³/mol. The van der Waals surface area contributed by atoms with Crippen molar-refractivity contribution in [3.63, 3.8) is 0 Å². The summed E-state index contributed by atoms with van der Waals surface area (Å²) in [5.74, 6) is 0.189. The van der Waals surface area contributed by atoms with Gasteiger partial charge in [0, 0.05) is 16.0 Å². The second kappa shape index (κ2) is 6.57. The second-order valence-electron chi connectivity index (χ2n) is 6.25. The molecule has 0 bridgehead atoms. The number of methoxy groups -OCH3 is 2. The summed E-state index contributed by atoms with van der Waals surface area (Å²) in [6.45, 7) is 0.0595. The molecular formula is C19H18N2O4S. The molecule has 0 spiro atoms. The fourth-order valence-corrected chi connectivity index (χ4v) is 4.89. The number of amides is 1. The van der Waals surface area contributed by atoms with Gasteiger partial charge < -0.3 is 14.8 Å². The van der Waals surface area contributed by atoms with Crippen LogP contribution in [0.25, 0.3) is 0 Å². The highest BCUT2D eigenvalue weighted by Gasteiger charge is 2.36. The van der Waals surface area contributed by atoms with E-state index in [1.54, 1.807) is 7.11 Å². The highest BCUT2D eigenvalue weighted by Crippen LogP contribution is 2.44. The molecule has 2 aromatic rings. The van der Waals surface area contributed by atoms with Crippen LogP contribution < -0.4 is 10.1 Å². The van der Waals surface area contributed by atoms with Gasteiger partial charge in [-0.2, -0.15) is 0 Å². The van der Waals surface area contributed by atoms with Crippen molar-refractivity contribution in [1.29, 1.82) is 0 Å². The Morgan fingerprint density at radius 1 is 1.27 bits per heavy atom. The number of ether oxygens (including phenoxy) is 2. The van der Waals surface area contributed by atoms with Crippen molar-refractivity contribution >= 4 is 33.9 Å². The van der Waals surface area contributed by atoms with Gasteiger partial charge in [0.25, 0.3) is 0 Å². The molecule has 26 heavy (non-hydrogen) atoms. The summed E-state index contributed by atoms with van der Waals surface area (Å²) < 4.78 is 10.4. The number of nitrogens with zero attached hydrogens (tertiary/aromatic N) is 1. The monoisotopic (exact) mass is 370 g/mol. The molecule has 7 heteroatoms. The van der Waals surface area contributed by atoms with E-state index >= 15 is 0 Å². The van der Waals surface area contributed by atoms with E-state index in [9.17, 15) is 9.59 Å². The average molecular weight is 370 g/mol. The number of rotatable bonds is 3. The Morgan fingerprint density at radius 2 is 2.08 bits per heavy atom. The van der Waals surface area contributed by atoms with Gasteiger partial charge in [0.1, 0.15) is 17.3 Å². The first-order valence-corrected chi connectivity index (χ1v) is 9.14. The van der Waals surface area contributed by atoms with E-state index < -0.39 is 0 Å². The topological polar surface area (TPSA) is 77.0 Å². The van der Waals surface area contributed by atoms with E-state index in [0.29, 0.717) is 18.6 Å². The highest BCUT2D eigenvalue weighted by molar-refractivity contribution is 7.17. The maximum absolute atomic E-state index is 12.1. The van der Waals surface area contributed by atoms with Gasteiger partial charge in [-0.05, 0) is 30.5 Å². The lowest BCUT2D eigenvalue weighted by molar-refractivity contribution is -0.145. The smallest absolute Gasteiger partial charge is 0.309 e. The van der Waals surface area contributed by atoms with Gasteiger partial charge in [0.15, 0.2) is 0 Å². The van der Waals surface area contributed by atoms with Crippen molar-refractivity contribution < 1.29 is 19.1 Å². The number of aliphatic imine (C=N–C) groups is 1. The molecule has 0 saturated heterocycles. The van der Waals surface area contributed by atoms with E-state index in [4.69, 9.17) is 9.47 Å². The highest BCUT2D eigenvalue weighted by atomic mass is 32.1. The van der Waals surface area contributed by atoms with Crippen LogP contribution in [0.15, 0.2) is 29.3 Å². The van der Waals surface area contributed by atoms with E-state index in [-0.39, 0.29) is 24.3 Å². The van der Waals surface area contributed by atoms with Gasteiger partial charge in [-0.3, -0.25) is 14.6 Å². The summed E-state index contributed by atoms with van der Waals surface area (Å²) in [4.78, 5) is 29.8. The summed E-state index contributed by atoms with van der Waals surface area (Å²) in [5.41, 5.74) is 3.56. The van der Waals surface area contributed by atoms with Gasteiger partial charge in [0.2, 0.25) is 5.91 Å². The molecule has 1 unspecified atom stereocenters. The molecule has 1 aromatic carbocycles. The first-order valence-electron chi connectivity index (χ1n) is 8.32. The second-order valence-corrected chi connectivity index (χ2v) is 7.35. The molecule has 2 heterocycles. The van der Waals surface area contributed by atoms with Gasteiger partial charge in [-0.15, -0.1) is 11.3 Å². The van der Waals surface area contributed by atoms with Crippen LogP contribution in [0, 0.1) is 5.92 Å². The summed E-state index contributed by atoms with van der Waals surface area (Å²) in [5, 5.41) is 3.75. The molecule has 1 amide bonds. The predicted octanol–water partition coefficient (Wildman–Crippen LogP) is 2.43. The molecule has 0 radical (unpaired) electrons. The lowest BCUT2D eigenvalue weighted by atomic mass is 9.97. The van der Waals surface area contributed by atoms with Crippen LogP contribution in [0.5, 0.6) is 5.75 Å². The third-order valence-corrected chi connectivity index (χ3v) is 5.91.